The van der Waals surface area contributed by atoms with Crippen molar-refractivity contribution in [3.05, 3.63) is 19.2 Å². The smallest absolute Gasteiger partial charge is 0.0758 e. The van der Waals surface area contributed by atoms with Gasteiger partial charge < -0.3 is 5.73 Å². The van der Waals surface area contributed by atoms with E-state index in [4.69, 9.17) is 5.73 Å². The Morgan fingerprint density at radius 2 is 1.82 bits per heavy atom. The Bertz CT molecular complexity index is 381. The summed E-state index contributed by atoms with van der Waals surface area (Å²) in [5.74, 6) is 2.26. The fraction of sp³-hybridized carbons (Fsp3) is 0.692. The van der Waals surface area contributed by atoms with E-state index < -0.39 is 0 Å². The lowest BCUT2D eigenvalue weighted by Crippen LogP contribution is -2.29. The number of nitrogens with two attached hydrogens (primary N) is 1. The van der Waals surface area contributed by atoms with Crippen molar-refractivity contribution in [2.75, 3.05) is 0 Å². The van der Waals surface area contributed by atoms with Crippen molar-refractivity contribution < 1.29 is 0 Å². The molecule has 1 heterocycles. The molecule has 1 nitrogen and oxygen atoms in total. The SMILES string of the molecule is CC1CC(C)CC(C(N)c2cc(Br)sc2Br)C1. The molecule has 1 fully saturated rings. The Balaban J connectivity index is 2.14. The van der Waals surface area contributed by atoms with Crippen molar-refractivity contribution in [1.29, 1.82) is 0 Å². The van der Waals surface area contributed by atoms with Gasteiger partial charge in [-0.05, 0) is 80.5 Å². The molecule has 0 bridgehead atoms. The fourth-order valence-electron chi connectivity index (χ4n) is 3.14. The van der Waals surface area contributed by atoms with Crippen LogP contribution in [0.4, 0.5) is 0 Å². The molecule has 2 rings (SSSR count). The van der Waals surface area contributed by atoms with E-state index in [-0.39, 0.29) is 6.04 Å². The molecule has 0 radical (unpaired) electrons. The molecule has 96 valence electrons. The zero-order valence-corrected chi connectivity index (χ0v) is 14.2. The molecule has 0 spiro atoms. The third kappa shape index (κ3) is 3.34. The minimum absolute atomic E-state index is 0.178. The van der Waals surface area contributed by atoms with Crippen LogP contribution in [0.5, 0.6) is 0 Å². The largest absolute Gasteiger partial charge is 0.324 e. The minimum Gasteiger partial charge on any atom is -0.324 e. The van der Waals surface area contributed by atoms with E-state index in [1.54, 1.807) is 11.3 Å². The van der Waals surface area contributed by atoms with Crippen LogP contribution in [0.25, 0.3) is 0 Å². The van der Waals surface area contributed by atoms with Gasteiger partial charge in [0.15, 0.2) is 0 Å². The average Bonchev–Trinajstić information content (AvgIpc) is 2.55. The molecule has 4 heteroatoms. The lowest BCUT2D eigenvalue weighted by atomic mass is 9.73. The summed E-state index contributed by atoms with van der Waals surface area (Å²) in [6.45, 7) is 4.71. The van der Waals surface area contributed by atoms with Crippen LogP contribution >= 0.6 is 43.2 Å². The van der Waals surface area contributed by atoms with Gasteiger partial charge in [0.1, 0.15) is 0 Å². The van der Waals surface area contributed by atoms with Crippen LogP contribution in [-0.4, -0.2) is 0 Å². The predicted molar refractivity (Wildman–Crippen MR) is 82.3 cm³/mol. The molecule has 3 atom stereocenters. The normalized spacial score (nSPS) is 31.5. The summed E-state index contributed by atoms with van der Waals surface area (Å²) in [5.41, 5.74) is 7.74. The van der Waals surface area contributed by atoms with Crippen LogP contribution in [0.15, 0.2) is 13.6 Å². The maximum Gasteiger partial charge on any atom is 0.0758 e. The predicted octanol–water partition coefficient (Wildman–Crippen LogP) is 5.35. The molecule has 0 aliphatic heterocycles. The van der Waals surface area contributed by atoms with Gasteiger partial charge in [-0.15, -0.1) is 11.3 Å². The third-order valence-corrected chi connectivity index (χ3v) is 6.15. The van der Waals surface area contributed by atoms with Gasteiger partial charge in [0, 0.05) is 6.04 Å². The van der Waals surface area contributed by atoms with Crippen molar-refractivity contribution in [3.63, 3.8) is 0 Å². The molecule has 1 aliphatic carbocycles. The van der Waals surface area contributed by atoms with Gasteiger partial charge in [0.25, 0.3) is 0 Å². The first-order chi connectivity index (χ1) is 7.97. The van der Waals surface area contributed by atoms with Crippen LogP contribution in [0.1, 0.15) is 44.7 Å². The van der Waals surface area contributed by atoms with Gasteiger partial charge in [-0.25, -0.2) is 0 Å². The van der Waals surface area contributed by atoms with Gasteiger partial charge in [-0.1, -0.05) is 13.8 Å². The molecule has 17 heavy (non-hydrogen) atoms. The fourth-order valence-corrected chi connectivity index (χ4v) is 6.09. The lowest BCUT2D eigenvalue weighted by Gasteiger charge is -2.35. The first kappa shape index (κ1) is 14.0. The van der Waals surface area contributed by atoms with E-state index in [2.05, 4.69) is 51.8 Å². The summed E-state index contributed by atoms with van der Waals surface area (Å²) in [6, 6.07) is 2.35. The van der Waals surface area contributed by atoms with Crippen molar-refractivity contribution >= 4 is 43.2 Å². The second-order valence-corrected chi connectivity index (χ2v) is 9.23. The van der Waals surface area contributed by atoms with E-state index in [0.717, 1.165) is 15.6 Å². The Morgan fingerprint density at radius 3 is 2.29 bits per heavy atom. The molecule has 0 amide bonds. The highest BCUT2D eigenvalue weighted by atomic mass is 79.9. The standard InChI is InChI=1S/C13H19Br2NS/c1-7-3-8(2)5-9(4-7)12(16)10-6-11(14)17-13(10)15/h6-9,12H,3-5,16H2,1-2H3. The average molecular weight is 381 g/mol. The van der Waals surface area contributed by atoms with Gasteiger partial charge in [-0.2, -0.15) is 0 Å². The Hall–Kier alpha value is 0.620. The van der Waals surface area contributed by atoms with Crippen molar-refractivity contribution in [2.45, 2.75) is 39.2 Å². The van der Waals surface area contributed by atoms with E-state index in [0.29, 0.717) is 5.92 Å². The summed E-state index contributed by atoms with van der Waals surface area (Å²) in [7, 11) is 0. The molecule has 1 aliphatic rings. The summed E-state index contributed by atoms with van der Waals surface area (Å²) in [6.07, 6.45) is 3.90. The first-order valence-electron chi connectivity index (χ1n) is 6.17. The Labute approximate surface area is 124 Å². The molecule has 1 saturated carbocycles. The maximum absolute atomic E-state index is 6.46. The second kappa shape index (κ2) is 5.72. The van der Waals surface area contributed by atoms with Crippen LogP contribution in [0.3, 0.4) is 0 Å². The minimum atomic E-state index is 0.178. The number of rotatable bonds is 2. The summed E-state index contributed by atoms with van der Waals surface area (Å²) < 4.78 is 2.34. The first-order valence-corrected chi connectivity index (χ1v) is 8.58. The van der Waals surface area contributed by atoms with Gasteiger partial charge in [-0.3, -0.25) is 0 Å². The molecule has 3 unspecified atom stereocenters. The van der Waals surface area contributed by atoms with E-state index >= 15 is 0 Å². The molecule has 0 saturated heterocycles. The third-order valence-electron chi connectivity index (χ3n) is 3.77. The topological polar surface area (TPSA) is 26.0 Å². The Morgan fingerprint density at radius 1 is 1.24 bits per heavy atom. The van der Waals surface area contributed by atoms with E-state index in [1.807, 2.05) is 0 Å². The maximum atomic E-state index is 6.46. The van der Waals surface area contributed by atoms with Crippen molar-refractivity contribution in [1.82, 2.24) is 0 Å². The quantitative estimate of drug-likeness (QED) is 0.735. The number of thiophene rings is 1. The molecule has 1 aromatic rings. The number of hydrogen-bond acceptors (Lipinski definition) is 2. The summed E-state index contributed by atoms with van der Waals surface area (Å²) in [5, 5.41) is 0. The van der Waals surface area contributed by atoms with Crippen LogP contribution in [0, 0.1) is 17.8 Å². The molecule has 0 aromatic carbocycles. The number of halogens is 2. The highest BCUT2D eigenvalue weighted by Crippen LogP contribution is 2.43. The molecular formula is C13H19Br2NS. The van der Waals surface area contributed by atoms with Gasteiger partial charge in [0.2, 0.25) is 0 Å². The van der Waals surface area contributed by atoms with Crippen molar-refractivity contribution in [2.24, 2.45) is 23.5 Å². The van der Waals surface area contributed by atoms with Crippen LogP contribution < -0.4 is 5.73 Å². The van der Waals surface area contributed by atoms with Crippen LogP contribution in [-0.2, 0) is 0 Å². The molecule has 2 N–H and O–H groups in total. The highest BCUT2D eigenvalue weighted by Gasteiger charge is 2.30. The summed E-state index contributed by atoms with van der Waals surface area (Å²) in [4.78, 5) is 0. The second-order valence-electron chi connectivity index (χ2n) is 5.48. The van der Waals surface area contributed by atoms with Gasteiger partial charge in [0.05, 0.1) is 7.57 Å². The monoisotopic (exact) mass is 379 g/mol. The van der Waals surface area contributed by atoms with Crippen molar-refractivity contribution in [3.8, 4) is 0 Å². The molecular weight excluding hydrogens is 362 g/mol. The highest BCUT2D eigenvalue weighted by molar-refractivity contribution is 9.12. The van der Waals surface area contributed by atoms with E-state index in [9.17, 15) is 0 Å². The van der Waals surface area contributed by atoms with E-state index in [1.165, 1.54) is 28.6 Å². The van der Waals surface area contributed by atoms with Gasteiger partial charge >= 0.3 is 0 Å². The number of hydrogen-bond donors (Lipinski definition) is 1. The summed E-state index contributed by atoms with van der Waals surface area (Å²) >= 11 is 8.87. The Kier molecular flexibility index (Phi) is 4.73. The zero-order chi connectivity index (χ0) is 12.6. The zero-order valence-electron chi connectivity index (χ0n) is 10.2. The lowest BCUT2D eigenvalue weighted by molar-refractivity contribution is 0.193. The molecule has 1 aromatic heterocycles. The van der Waals surface area contributed by atoms with Crippen LogP contribution in [0.2, 0.25) is 0 Å².